The van der Waals surface area contributed by atoms with Gasteiger partial charge in [0.2, 0.25) is 17.8 Å². The Morgan fingerprint density at radius 3 is 2.61 bits per heavy atom. The second-order valence-corrected chi connectivity index (χ2v) is 5.69. The normalized spacial score (nSPS) is 17.9. The van der Waals surface area contributed by atoms with Crippen LogP contribution < -0.4 is 16.4 Å². The van der Waals surface area contributed by atoms with E-state index >= 15 is 0 Å². The molecule has 8 heteroatoms. The Morgan fingerprint density at radius 2 is 2.00 bits per heavy atom. The molecule has 1 aromatic rings. The number of nitrogen functional groups attached to an aromatic ring is 1. The van der Waals surface area contributed by atoms with E-state index in [-0.39, 0.29) is 23.8 Å². The first-order chi connectivity index (χ1) is 10.9. The van der Waals surface area contributed by atoms with Crippen LogP contribution in [-0.2, 0) is 16.0 Å². The molecular weight excluding hydrogens is 296 g/mol. The van der Waals surface area contributed by atoms with Crippen LogP contribution in [-0.4, -0.2) is 59.4 Å². The minimum atomic E-state index is -0.346. The molecule has 2 rings (SSSR count). The van der Waals surface area contributed by atoms with Crippen molar-refractivity contribution in [1.29, 1.82) is 0 Å². The molecule has 1 unspecified atom stereocenters. The van der Waals surface area contributed by atoms with Crippen LogP contribution >= 0.6 is 0 Å². The average Bonchev–Trinajstić information content (AvgIpc) is 2.53. The fraction of sp³-hybridized carbons (Fsp3) is 0.600. The Morgan fingerprint density at radius 1 is 1.35 bits per heavy atom. The molecule has 1 atom stereocenters. The van der Waals surface area contributed by atoms with Gasteiger partial charge in [-0.25, -0.2) is 9.97 Å². The molecule has 4 N–H and O–H groups in total. The van der Waals surface area contributed by atoms with Gasteiger partial charge in [0.15, 0.2) is 0 Å². The van der Waals surface area contributed by atoms with Gasteiger partial charge in [-0.2, -0.15) is 0 Å². The maximum absolute atomic E-state index is 12.4. The van der Waals surface area contributed by atoms with Gasteiger partial charge in [0.05, 0.1) is 0 Å². The number of aromatic nitrogens is 2. The lowest BCUT2D eigenvalue weighted by Crippen LogP contribution is -2.57. The zero-order valence-electron chi connectivity index (χ0n) is 13.8. The number of hydrogen-bond donors (Lipinski definition) is 3. The Labute approximate surface area is 135 Å². The average molecular weight is 320 g/mol. The molecule has 2 heterocycles. The van der Waals surface area contributed by atoms with E-state index in [0.717, 1.165) is 17.0 Å². The van der Waals surface area contributed by atoms with Gasteiger partial charge >= 0.3 is 0 Å². The number of amides is 2. The lowest BCUT2D eigenvalue weighted by Gasteiger charge is -2.32. The van der Waals surface area contributed by atoms with E-state index in [1.807, 2.05) is 13.8 Å². The molecule has 0 bridgehead atoms. The van der Waals surface area contributed by atoms with Gasteiger partial charge in [-0.3, -0.25) is 9.59 Å². The van der Waals surface area contributed by atoms with Crippen molar-refractivity contribution in [3.05, 3.63) is 17.0 Å². The molecule has 2 amide bonds. The molecule has 23 heavy (non-hydrogen) atoms. The van der Waals surface area contributed by atoms with Crippen molar-refractivity contribution in [2.24, 2.45) is 0 Å². The smallest absolute Gasteiger partial charge is 0.238 e. The summed E-state index contributed by atoms with van der Waals surface area (Å²) in [7, 11) is 1.59. The molecule has 0 radical (unpaired) electrons. The van der Waals surface area contributed by atoms with E-state index in [1.165, 1.54) is 0 Å². The van der Waals surface area contributed by atoms with Gasteiger partial charge in [-0.1, -0.05) is 0 Å². The third-order valence-corrected chi connectivity index (χ3v) is 4.12. The predicted octanol–water partition coefficient (Wildman–Crippen LogP) is -0.845. The summed E-state index contributed by atoms with van der Waals surface area (Å²) in [6, 6.07) is -0.346. The summed E-state index contributed by atoms with van der Waals surface area (Å²) in [6.45, 7) is 5.37. The molecule has 0 aromatic carbocycles. The van der Waals surface area contributed by atoms with E-state index in [1.54, 1.807) is 11.9 Å². The SMILES string of the molecule is CNC(=O)C1CN(C(=O)CCc2c(C)nc(N)nc2C)CCN1. The highest BCUT2D eigenvalue weighted by Crippen LogP contribution is 2.14. The molecule has 1 aromatic heterocycles. The fourth-order valence-electron chi connectivity index (χ4n) is 2.84. The Balaban J connectivity index is 1.96. The van der Waals surface area contributed by atoms with Gasteiger partial charge in [0, 0.05) is 44.5 Å². The standard InChI is InChI=1S/C15H24N6O2/c1-9-11(10(2)20-15(16)19-9)4-5-13(22)21-7-6-18-12(8-21)14(23)17-3/h12,18H,4-8H2,1-3H3,(H,17,23)(H2,16,19,20). The minimum absolute atomic E-state index is 0.0380. The zero-order chi connectivity index (χ0) is 17.0. The van der Waals surface area contributed by atoms with Crippen molar-refractivity contribution in [3.8, 4) is 0 Å². The molecule has 1 fully saturated rings. The second-order valence-electron chi connectivity index (χ2n) is 5.69. The number of carbonyl (C=O) groups excluding carboxylic acids is 2. The number of piperazine rings is 1. The Bertz CT molecular complexity index is 581. The first-order valence-electron chi connectivity index (χ1n) is 7.74. The summed E-state index contributed by atoms with van der Waals surface area (Å²) in [5.41, 5.74) is 8.20. The number of nitrogens with zero attached hydrogens (tertiary/aromatic N) is 3. The van der Waals surface area contributed by atoms with E-state index < -0.39 is 0 Å². The molecular formula is C15H24N6O2. The van der Waals surface area contributed by atoms with Crippen molar-refractivity contribution in [1.82, 2.24) is 25.5 Å². The topological polar surface area (TPSA) is 113 Å². The van der Waals surface area contributed by atoms with Crippen LogP contribution in [0.4, 0.5) is 5.95 Å². The van der Waals surface area contributed by atoms with Gasteiger partial charge in [-0.05, 0) is 25.8 Å². The molecule has 1 saturated heterocycles. The van der Waals surface area contributed by atoms with E-state index in [2.05, 4.69) is 20.6 Å². The van der Waals surface area contributed by atoms with Crippen molar-refractivity contribution in [2.45, 2.75) is 32.7 Å². The van der Waals surface area contributed by atoms with Gasteiger partial charge < -0.3 is 21.3 Å². The van der Waals surface area contributed by atoms with Crippen LogP contribution in [0.2, 0.25) is 0 Å². The summed E-state index contributed by atoms with van der Waals surface area (Å²) in [5.74, 6) is 0.197. The largest absolute Gasteiger partial charge is 0.368 e. The lowest BCUT2D eigenvalue weighted by molar-refractivity contribution is -0.134. The maximum atomic E-state index is 12.4. The zero-order valence-corrected chi connectivity index (χ0v) is 13.8. The first kappa shape index (κ1) is 17.1. The summed E-state index contributed by atoms with van der Waals surface area (Å²) in [6.07, 6.45) is 0.945. The monoisotopic (exact) mass is 320 g/mol. The molecule has 8 nitrogen and oxygen atoms in total. The molecule has 0 aliphatic carbocycles. The summed E-state index contributed by atoms with van der Waals surface area (Å²) in [4.78, 5) is 34.1. The highest BCUT2D eigenvalue weighted by molar-refractivity contribution is 5.83. The fourth-order valence-corrected chi connectivity index (χ4v) is 2.84. The van der Waals surface area contributed by atoms with Gasteiger partial charge in [-0.15, -0.1) is 0 Å². The maximum Gasteiger partial charge on any atom is 0.238 e. The van der Waals surface area contributed by atoms with E-state index in [0.29, 0.717) is 32.5 Å². The molecule has 1 aliphatic heterocycles. The van der Waals surface area contributed by atoms with Crippen molar-refractivity contribution in [2.75, 3.05) is 32.4 Å². The van der Waals surface area contributed by atoms with Crippen LogP contribution in [0.1, 0.15) is 23.4 Å². The quantitative estimate of drug-likeness (QED) is 0.666. The van der Waals surface area contributed by atoms with Crippen LogP contribution in [0.25, 0.3) is 0 Å². The highest BCUT2D eigenvalue weighted by atomic mass is 16.2. The number of likely N-dealkylation sites (N-methyl/N-ethyl adjacent to an activating group) is 1. The number of nitrogens with two attached hydrogens (primary N) is 1. The van der Waals surface area contributed by atoms with Crippen LogP contribution in [0, 0.1) is 13.8 Å². The number of aryl methyl sites for hydroxylation is 2. The number of nitrogens with one attached hydrogen (secondary N) is 2. The third-order valence-electron chi connectivity index (χ3n) is 4.12. The van der Waals surface area contributed by atoms with Crippen LogP contribution in [0.3, 0.4) is 0 Å². The number of hydrogen-bond acceptors (Lipinski definition) is 6. The number of carbonyl (C=O) groups is 2. The van der Waals surface area contributed by atoms with Crippen molar-refractivity contribution < 1.29 is 9.59 Å². The van der Waals surface area contributed by atoms with Crippen LogP contribution in [0.15, 0.2) is 0 Å². The summed E-state index contributed by atoms with van der Waals surface area (Å²) >= 11 is 0. The molecule has 1 aliphatic rings. The molecule has 0 saturated carbocycles. The Kier molecular flexibility index (Phi) is 5.49. The second kappa shape index (κ2) is 7.36. The van der Waals surface area contributed by atoms with Crippen molar-refractivity contribution in [3.63, 3.8) is 0 Å². The van der Waals surface area contributed by atoms with Crippen molar-refractivity contribution >= 4 is 17.8 Å². The number of anilines is 1. The van der Waals surface area contributed by atoms with E-state index in [4.69, 9.17) is 5.73 Å². The molecule has 0 spiro atoms. The molecule has 126 valence electrons. The minimum Gasteiger partial charge on any atom is -0.368 e. The van der Waals surface area contributed by atoms with Gasteiger partial charge in [0.1, 0.15) is 6.04 Å². The highest BCUT2D eigenvalue weighted by Gasteiger charge is 2.27. The van der Waals surface area contributed by atoms with Crippen LogP contribution in [0.5, 0.6) is 0 Å². The van der Waals surface area contributed by atoms with Gasteiger partial charge in [0.25, 0.3) is 0 Å². The third kappa shape index (κ3) is 4.16. The number of rotatable bonds is 4. The lowest BCUT2D eigenvalue weighted by atomic mass is 10.1. The summed E-state index contributed by atoms with van der Waals surface area (Å²) < 4.78 is 0. The summed E-state index contributed by atoms with van der Waals surface area (Å²) in [5, 5.41) is 5.72. The first-order valence-corrected chi connectivity index (χ1v) is 7.74. The predicted molar refractivity (Wildman–Crippen MR) is 86.7 cm³/mol. The Hall–Kier alpha value is -2.22. The van der Waals surface area contributed by atoms with E-state index in [9.17, 15) is 9.59 Å².